The number of benzene rings is 2. The molecule has 2 heterocycles. The molecule has 2 aromatic carbocycles. The van der Waals surface area contributed by atoms with Crippen LogP contribution in [0.1, 0.15) is 27.4 Å². The fraction of sp³-hybridized carbons (Fsp3) is 0.150. The highest BCUT2D eigenvalue weighted by molar-refractivity contribution is 5.94. The van der Waals surface area contributed by atoms with Gasteiger partial charge < -0.3 is 14.0 Å². The van der Waals surface area contributed by atoms with Gasteiger partial charge in [0.1, 0.15) is 35.8 Å². The van der Waals surface area contributed by atoms with Crippen LogP contribution >= 0.6 is 0 Å². The van der Waals surface area contributed by atoms with Crippen LogP contribution in [0.5, 0.6) is 11.5 Å². The first-order valence-electron chi connectivity index (χ1n) is 8.81. The van der Waals surface area contributed by atoms with Gasteiger partial charge in [-0.15, -0.1) is 5.10 Å². The Morgan fingerprint density at radius 1 is 1.10 bits per heavy atom. The SMILES string of the molecule is Cc1noc(C)c1COc1ccccc1C(=O)Oc1ccc(-n2cnnn2)cc1. The van der Waals surface area contributed by atoms with Crippen LogP contribution in [0.3, 0.4) is 0 Å². The van der Waals surface area contributed by atoms with E-state index >= 15 is 0 Å². The number of hydrogen-bond donors (Lipinski definition) is 0. The zero-order chi connectivity index (χ0) is 20.2. The highest BCUT2D eigenvalue weighted by atomic mass is 16.5. The summed E-state index contributed by atoms with van der Waals surface area (Å²) in [4.78, 5) is 12.7. The van der Waals surface area contributed by atoms with Gasteiger partial charge in [-0.2, -0.15) is 0 Å². The Labute approximate surface area is 165 Å². The second-order valence-electron chi connectivity index (χ2n) is 6.23. The van der Waals surface area contributed by atoms with E-state index in [9.17, 15) is 4.79 Å². The molecule has 0 saturated carbocycles. The normalized spacial score (nSPS) is 10.7. The number of nitrogens with zero attached hydrogens (tertiary/aromatic N) is 5. The van der Waals surface area contributed by atoms with Crippen molar-refractivity contribution in [3.63, 3.8) is 0 Å². The van der Waals surface area contributed by atoms with Crippen molar-refractivity contribution in [3.05, 3.63) is 77.4 Å². The number of aromatic nitrogens is 5. The summed E-state index contributed by atoms with van der Waals surface area (Å²) in [6.07, 6.45) is 1.48. The first-order valence-corrected chi connectivity index (χ1v) is 8.81. The molecule has 0 N–H and O–H groups in total. The summed E-state index contributed by atoms with van der Waals surface area (Å²) in [5.41, 5.74) is 2.68. The zero-order valence-electron chi connectivity index (χ0n) is 15.8. The predicted octanol–water partition coefficient (Wildman–Crippen LogP) is 3.07. The molecule has 0 amide bonds. The molecule has 146 valence electrons. The van der Waals surface area contributed by atoms with Crippen molar-refractivity contribution >= 4 is 5.97 Å². The molecule has 0 aliphatic carbocycles. The number of carbonyl (C=O) groups is 1. The van der Waals surface area contributed by atoms with Gasteiger partial charge in [0, 0.05) is 0 Å². The van der Waals surface area contributed by atoms with Gasteiger partial charge in [-0.3, -0.25) is 0 Å². The number of esters is 1. The maximum atomic E-state index is 12.7. The van der Waals surface area contributed by atoms with Crippen LogP contribution in [0.2, 0.25) is 0 Å². The third-order valence-corrected chi connectivity index (χ3v) is 4.32. The van der Waals surface area contributed by atoms with Crippen LogP contribution < -0.4 is 9.47 Å². The van der Waals surface area contributed by atoms with Gasteiger partial charge in [-0.1, -0.05) is 17.3 Å². The molecule has 0 unspecified atom stereocenters. The third kappa shape index (κ3) is 3.98. The summed E-state index contributed by atoms with van der Waals surface area (Å²) in [7, 11) is 0. The topological polar surface area (TPSA) is 105 Å². The smallest absolute Gasteiger partial charge is 0.347 e. The number of tetrazole rings is 1. The molecule has 0 spiro atoms. The van der Waals surface area contributed by atoms with Crippen LogP contribution in [0, 0.1) is 13.8 Å². The fourth-order valence-electron chi connectivity index (χ4n) is 2.73. The molecular weight excluding hydrogens is 374 g/mol. The second kappa shape index (κ2) is 7.93. The number of ether oxygens (including phenoxy) is 2. The molecule has 0 aliphatic rings. The quantitative estimate of drug-likeness (QED) is 0.365. The van der Waals surface area contributed by atoms with E-state index in [0.717, 1.165) is 16.9 Å². The highest BCUT2D eigenvalue weighted by Crippen LogP contribution is 2.24. The van der Waals surface area contributed by atoms with Gasteiger partial charge in [0.05, 0.1) is 16.9 Å². The first kappa shape index (κ1) is 18.4. The van der Waals surface area contributed by atoms with Crippen molar-refractivity contribution in [2.75, 3.05) is 0 Å². The Kier molecular flexibility index (Phi) is 5.02. The van der Waals surface area contributed by atoms with Crippen LogP contribution in [-0.2, 0) is 6.61 Å². The second-order valence-corrected chi connectivity index (χ2v) is 6.23. The van der Waals surface area contributed by atoms with Crippen molar-refractivity contribution in [1.82, 2.24) is 25.4 Å². The number of aryl methyl sites for hydroxylation is 2. The van der Waals surface area contributed by atoms with E-state index in [1.165, 1.54) is 11.0 Å². The van der Waals surface area contributed by atoms with Crippen molar-refractivity contribution < 1.29 is 18.8 Å². The first-order chi connectivity index (χ1) is 14.1. The Bertz CT molecular complexity index is 1100. The molecule has 9 nitrogen and oxygen atoms in total. The van der Waals surface area contributed by atoms with Crippen molar-refractivity contribution in [2.24, 2.45) is 0 Å². The zero-order valence-corrected chi connectivity index (χ0v) is 15.8. The minimum Gasteiger partial charge on any atom is -0.488 e. The number of para-hydroxylation sites is 1. The molecule has 4 rings (SSSR count). The van der Waals surface area contributed by atoms with E-state index in [1.807, 2.05) is 13.8 Å². The van der Waals surface area contributed by atoms with E-state index in [1.54, 1.807) is 48.5 Å². The summed E-state index contributed by atoms with van der Waals surface area (Å²) in [5, 5.41) is 14.9. The molecule has 2 aromatic heterocycles. The third-order valence-electron chi connectivity index (χ3n) is 4.32. The molecule has 0 fully saturated rings. The van der Waals surface area contributed by atoms with Gasteiger partial charge in [0.2, 0.25) is 0 Å². The van der Waals surface area contributed by atoms with Gasteiger partial charge in [0.25, 0.3) is 0 Å². The van der Waals surface area contributed by atoms with Crippen LogP contribution in [0.4, 0.5) is 0 Å². The fourth-order valence-corrected chi connectivity index (χ4v) is 2.73. The maximum absolute atomic E-state index is 12.7. The summed E-state index contributed by atoms with van der Waals surface area (Å²) in [5.74, 6) is 0.981. The van der Waals surface area contributed by atoms with E-state index in [4.69, 9.17) is 14.0 Å². The predicted molar refractivity (Wildman–Crippen MR) is 101 cm³/mol. The van der Waals surface area contributed by atoms with Crippen LogP contribution in [0.15, 0.2) is 59.4 Å². The summed E-state index contributed by atoms with van der Waals surface area (Å²) in [6.45, 7) is 3.90. The van der Waals surface area contributed by atoms with Crippen molar-refractivity contribution in [2.45, 2.75) is 20.5 Å². The average Bonchev–Trinajstić information content (AvgIpc) is 3.38. The molecule has 4 aromatic rings. The highest BCUT2D eigenvalue weighted by Gasteiger charge is 2.16. The largest absolute Gasteiger partial charge is 0.488 e. The standard InChI is InChI=1S/C20H17N5O4/c1-13-18(14(2)29-22-13)11-27-19-6-4-3-5-17(19)20(26)28-16-9-7-15(8-10-16)25-12-21-23-24-25/h3-10,12H,11H2,1-2H3. The molecule has 9 heteroatoms. The summed E-state index contributed by atoms with van der Waals surface area (Å²) < 4.78 is 18.0. The van der Waals surface area contributed by atoms with E-state index in [2.05, 4.69) is 20.7 Å². The molecular formula is C20H17N5O4. The molecule has 0 bridgehead atoms. The van der Waals surface area contributed by atoms with Crippen LogP contribution in [-0.4, -0.2) is 31.3 Å². The molecule has 29 heavy (non-hydrogen) atoms. The van der Waals surface area contributed by atoms with Gasteiger partial charge in [-0.05, 0) is 60.7 Å². The summed E-state index contributed by atoms with van der Waals surface area (Å²) >= 11 is 0. The Balaban J connectivity index is 1.47. The Morgan fingerprint density at radius 2 is 1.90 bits per heavy atom. The molecule has 0 radical (unpaired) electrons. The van der Waals surface area contributed by atoms with E-state index in [0.29, 0.717) is 22.8 Å². The monoisotopic (exact) mass is 391 g/mol. The Morgan fingerprint density at radius 3 is 2.59 bits per heavy atom. The minimum atomic E-state index is -0.519. The molecule has 0 aliphatic heterocycles. The van der Waals surface area contributed by atoms with Crippen molar-refractivity contribution in [1.29, 1.82) is 0 Å². The Hall–Kier alpha value is -4.01. The van der Waals surface area contributed by atoms with Gasteiger partial charge >= 0.3 is 5.97 Å². The van der Waals surface area contributed by atoms with Gasteiger partial charge in [0.15, 0.2) is 0 Å². The maximum Gasteiger partial charge on any atom is 0.347 e. The number of rotatable bonds is 6. The number of hydrogen-bond acceptors (Lipinski definition) is 8. The number of carbonyl (C=O) groups excluding carboxylic acids is 1. The lowest BCUT2D eigenvalue weighted by Crippen LogP contribution is -2.11. The van der Waals surface area contributed by atoms with E-state index in [-0.39, 0.29) is 6.61 Å². The lowest BCUT2D eigenvalue weighted by atomic mass is 10.2. The van der Waals surface area contributed by atoms with Crippen molar-refractivity contribution in [3.8, 4) is 17.2 Å². The minimum absolute atomic E-state index is 0.242. The lowest BCUT2D eigenvalue weighted by molar-refractivity contribution is 0.0729. The average molecular weight is 391 g/mol. The van der Waals surface area contributed by atoms with E-state index < -0.39 is 5.97 Å². The lowest BCUT2D eigenvalue weighted by Gasteiger charge is -2.11. The summed E-state index contributed by atoms with van der Waals surface area (Å²) in [6, 6.07) is 13.7. The molecule has 0 saturated heterocycles. The van der Waals surface area contributed by atoms with Crippen LogP contribution in [0.25, 0.3) is 5.69 Å². The molecule has 0 atom stereocenters. The van der Waals surface area contributed by atoms with Gasteiger partial charge in [-0.25, -0.2) is 9.48 Å².